The Morgan fingerprint density at radius 2 is 1.94 bits per heavy atom. The second-order valence-corrected chi connectivity index (χ2v) is 12.2. The van der Waals surface area contributed by atoms with Crippen LogP contribution in [0.3, 0.4) is 0 Å². The minimum Gasteiger partial charge on any atom is -0.390 e. The van der Waals surface area contributed by atoms with Gasteiger partial charge in [0.1, 0.15) is 5.82 Å². The quantitative estimate of drug-likeness (QED) is 0.439. The first-order valence-corrected chi connectivity index (χ1v) is 13.3. The molecule has 0 radical (unpaired) electrons. The standard InChI is InChI=1S/C26H28N6OS/c1-23(2,33)25-10-18(11-25)31(15-25)20-9-21(30-22(29-20)34-3)32-19-8-17(5-4-16(19)12-28-32)26(14-27)13-24(26)6-7-24/h4-5,8-9,12,18,33H,6-7,10-11,13,15H2,1-3H3/t18?,25?,26-/m0/s1. The van der Waals surface area contributed by atoms with Crippen LogP contribution in [-0.2, 0) is 5.41 Å². The Hall–Kier alpha value is -2.63. The smallest absolute Gasteiger partial charge is 0.191 e. The highest BCUT2D eigenvalue weighted by Crippen LogP contribution is 2.78. The van der Waals surface area contributed by atoms with Gasteiger partial charge in [-0.15, -0.1) is 0 Å². The lowest BCUT2D eigenvalue weighted by Gasteiger charge is -2.45. The van der Waals surface area contributed by atoms with Crippen LogP contribution in [0, 0.1) is 22.2 Å². The molecule has 1 aromatic carbocycles. The zero-order chi connectivity index (χ0) is 23.5. The molecular formula is C26H28N6OS. The largest absolute Gasteiger partial charge is 0.390 e. The Morgan fingerprint density at radius 3 is 2.56 bits per heavy atom. The fourth-order valence-corrected chi connectivity index (χ4v) is 7.04. The van der Waals surface area contributed by atoms with Gasteiger partial charge in [0.05, 0.1) is 28.8 Å². The second kappa shape index (κ2) is 6.32. The number of benzene rings is 1. The predicted molar refractivity (Wildman–Crippen MR) is 131 cm³/mol. The van der Waals surface area contributed by atoms with E-state index >= 15 is 0 Å². The second-order valence-electron chi connectivity index (χ2n) is 11.4. The van der Waals surface area contributed by atoms with Gasteiger partial charge in [-0.2, -0.15) is 10.4 Å². The topological polar surface area (TPSA) is 90.9 Å². The number of fused-ring (bicyclic) bond motifs is 2. The maximum Gasteiger partial charge on any atom is 0.191 e. The van der Waals surface area contributed by atoms with Crippen molar-refractivity contribution in [2.75, 3.05) is 17.7 Å². The summed E-state index contributed by atoms with van der Waals surface area (Å²) in [6, 6.07) is 11.4. The lowest BCUT2D eigenvalue weighted by molar-refractivity contribution is -0.0754. The van der Waals surface area contributed by atoms with E-state index in [9.17, 15) is 10.4 Å². The Balaban J connectivity index is 1.30. The van der Waals surface area contributed by atoms with E-state index in [1.54, 1.807) is 0 Å². The van der Waals surface area contributed by atoms with Crippen LogP contribution in [0.5, 0.6) is 0 Å². The molecule has 2 aliphatic heterocycles. The Bertz CT molecular complexity index is 1390. The molecule has 0 unspecified atom stereocenters. The maximum absolute atomic E-state index is 10.8. The maximum atomic E-state index is 10.8. The normalized spacial score (nSPS) is 30.4. The monoisotopic (exact) mass is 472 g/mol. The van der Waals surface area contributed by atoms with Gasteiger partial charge in [-0.1, -0.05) is 23.9 Å². The van der Waals surface area contributed by atoms with Crippen molar-refractivity contribution in [1.29, 1.82) is 5.26 Å². The van der Waals surface area contributed by atoms with Gasteiger partial charge >= 0.3 is 0 Å². The molecule has 2 aromatic heterocycles. The first-order chi connectivity index (χ1) is 16.2. The molecule has 34 heavy (non-hydrogen) atoms. The summed E-state index contributed by atoms with van der Waals surface area (Å²) in [5.74, 6) is 1.64. The Kier molecular flexibility index (Phi) is 3.85. The SMILES string of the molecule is CSc1nc(N2CC3(C(C)(C)O)CC2C3)cc(-n2ncc3ccc([C@@]4(C#N)CC45CC5)cc32)n1. The third kappa shape index (κ3) is 2.55. The van der Waals surface area contributed by atoms with E-state index in [0.29, 0.717) is 11.2 Å². The number of rotatable bonds is 5. The molecule has 1 atom stereocenters. The summed E-state index contributed by atoms with van der Waals surface area (Å²) in [5.41, 5.74) is 1.20. The Labute approximate surface area is 203 Å². The summed E-state index contributed by atoms with van der Waals surface area (Å²) in [6.07, 6.45) is 9.15. The number of aliphatic hydroxyl groups is 1. The molecule has 4 heterocycles. The number of hydrogen-bond donors (Lipinski definition) is 1. The van der Waals surface area contributed by atoms with E-state index in [0.717, 1.165) is 66.8 Å². The van der Waals surface area contributed by atoms with E-state index in [-0.39, 0.29) is 16.2 Å². The third-order valence-corrected chi connectivity index (χ3v) is 9.88. The molecule has 0 amide bonds. The van der Waals surface area contributed by atoms with Crippen molar-refractivity contribution in [3.8, 4) is 11.9 Å². The number of aromatic nitrogens is 4. The molecule has 3 aliphatic carbocycles. The van der Waals surface area contributed by atoms with Gasteiger partial charge in [-0.3, -0.25) is 0 Å². The van der Waals surface area contributed by atoms with Gasteiger partial charge in [0.25, 0.3) is 0 Å². The van der Waals surface area contributed by atoms with Crippen molar-refractivity contribution in [3.63, 3.8) is 0 Å². The predicted octanol–water partition coefficient (Wildman–Crippen LogP) is 4.22. The molecule has 2 saturated heterocycles. The molecule has 8 rings (SSSR count). The number of anilines is 1. The van der Waals surface area contributed by atoms with Gasteiger partial charge in [0.15, 0.2) is 11.0 Å². The van der Waals surface area contributed by atoms with Crippen molar-refractivity contribution in [2.45, 2.75) is 68.2 Å². The van der Waals surface area contributed by atoms with Gasteiger partial charge in [-0.05, 0) is 69.3 Å². The Morgan fingerprint density at radius 1 is 1.18 bits per heavy atom. The van der Waals surface area contributed by atoms with Crippen LogP contribution in [0.25, 0.3) is 16.7 Å². The van der Waals surface area contributed by atoms with E-state index in [2.05, 4.69) is 34.3 Å². The highest BCUT2D eigenvalue weighted by molar-refractivity contribution is 7.98. The van der Waals surface area contributed by atoms with Crippen LogP contribution in [0.4, 0.5) is 5.82 Å². The van der Waals surface area contributed by atoms with Crippen LogP contribution in [0.15, 0.2) is 35.6 Å². The summed E-state index contributed by atoms with van der Waals surface area (Å²) in [7, 11) is 0. The van der Waals surface area contributed by atoms with Crippen LogP contribution in [-0.4, -0.2) is 49.3 Å². The fraction of sp³-hybridized carbons (Fsp3) is 0.538. The van der Waals surface area contributed by atoms with E-state index in [1.807, 2.05) is 37.0 Å². The minimum atomic E-state index is -0.705. The van der Waals surface area contributed by atoms with Crippen LogP contribution in [0.2, 0.25) is 0 Å². The van der Waals surface area contributed by atoms with Crippen LogP contribution >= 0.6 is 11.8 Å². The van der Waals surface area contributed by atoms with Gasteiger partial charge in [-0.25, -0.2) is 14.6 Å². The first-order valence-electron chi connectivity index (χ1n) is 12.1. The molecule has 174 valence electrons. The van der Waals surface area contributed by atoms with Crippen LogP contribution < -0.4 is 4.90 Å². The average Bonchev–Trinajstić information content (AvgIpc) is 3.49. The van der Waals surface area contributed by atoms with Gasteiger partial charge in [0.2, 0.25) is 0 Å². The zero-order valence-electron chi connectivity index (χ0n) is 19.7. The van der Waals surface area contributed by atoms with E-state index < -0.39 is 5.60 Å². The molecular weight excluding hydrogens is 444 g/mol. The van der Waals surface area contributed by atoms with Crippen molar-refractivity contribution in [1.82, 2.24) is 19.7 Å². The van der Waals surface area contributed by atoms with Gasteiger partial charge in [0, 0.05) is 29.5 Å². The number of nitrogens with zero attached hydrogens (tertiary/aromatic N) is 6. The molecule has 3 aromatic rings. The summed E-state index contributed by atoms with van der Waals surface area (Å²) < 4.78 is 1.89. The van der Waals surface area contributed by atoms with Crippen molar-refractivity contribution >= 4 is 28.5 Å². The number of thioether (sulfide) groups is 1. The van der Waals surface area contributed by atoms with Crippen molar-refractivity contribution in [3.05, 3.63) is 36.0 Å². The molecule has 3 saturated carbocycles. The lowest BCUT2D eigenvalue weighted by atomic mass is 9.61. The third-order valence-electron chi connectivity index (χ3n) is 9.33. The van der Waals surface area contributed by atoms with E-state index in [4.69, 9.17) is 9.97 Å². The highest BCUT2D eigenvalue weighted by Gasteiger charge is 2.75. The number of nitriles is 1. The fourth-order valence-electron chi connectivity index (χ4n) is 6.67. The summed E-state index contributed by atoms with van der Waals surface area (Å²) in [4.78, 5) is 12.0. The number of hydrogen-bond acceptors (Lipinski definition) is 7. The molecule has 5 aliphatic rings. The van der Waals surface area contributed by atoms with Crippen LogP contribution in [0.1, 0.15) is 51.5 Å². The summed E-state index contributed by atoms with van der Waals surface area (Å²) >= 11 is 1.52. The summed E-state index contributed by atoms with van der Waals surface area (Å²) in [5, 5.41) is 27.2. The van der Waals surface area contributed by atoms with E-state index in [1.165, 1.54) is 11.8 Å². The minimum absolute atomic E-state index is 0.0652. The lowest BCUT2D eigenvalue weighted by Crippen LogP contribution is -2.50. The molecule has 8 heteroatoms. The average molecular weight is 473 g/mol. The zero-order valence-corrected chi connectivity index (χ0v) is 20.6. The van der Waals surface area contributed by atoms with Crippen molar-refractivity contribution < 1.29 is 5.11 Å². The van der Waals surface area contributed by atoms with Crippen molar-refractivity contribution in [2.24, 2.45) is 10.8 Å². The first kappa shape index (κ1) is 20.7. The molecule has 1 N–H and O–H groups in total. The molecule has 2 bridgehead atoms. The molecule has 5 fully saturated rings. The highest BCUT2D eigenvalue weighted by atomic mass is 32.2. The summed E-state index contributed by atoms with van der Waals surface area (Å²) in [6.45, 7) is 4.67. The van der Waals surface area contributed by atoms with Gasteiger partial charge < -0.3 is 10.0 Å². The molecule has 1 spiro atoms. The molecule has 7 nitrogen and oxygen atoms in total.